The smallest absolute Gasteiger partial charge is 0.259 e. The van der Waals surface area contributed by atoms with Crippen molar-refractivity contribution in [2.75, 3.05) is 5.32 Å². The molecule has 5 heteroatoms. The summed E-state index contributed by atoms with van der Waals surface area (Å²) in [6.45, 7) is 0. The summed E-state index contributed by atoms with van der Waals surface area (Å²) >= 11 is 0. The molecule has 4 rings (SSSR count). The van der Waals surface area contributed by atoms with Gasteiger partial charge < -0.3 is 5.32 Å². The summed E-state index contributed by atoms with van der Waals surface area (Å²) in [6, 6.07) is 18.6. The second kappa shape index (κ2) is 5.87. The number of carbonyl (C=O) groups excluding carboxylic acids is 3. The SMILES string of the molecule is O=C(Cc1ccc2ccccc2c1)Nc1ccc2c(c1)C(=O)NC2=O. The van der Waals surface area contributed by atoms with Crippen LogP contribution in [0.2, 0.25) is 0 Å². The van der Waals surface area contributed by atoms with Gasteiger partial charge >= 0.3 is 0 Å². The van der Waals surface area contributed by atoms with Crippen LogP contribution in [0.15, 0.2) is 60.7 Å². The summed E-state index contributed by atoms with van der Waals surface area (Å²) in [5.74, 6) is -1.03. The van der Waals surface area contributed by atoms with Crippen molar-refractivity contribution in [2.24, 2.45) is 0 Å². The van der Waals surface area contributed by atoms with E-state index in [4.69, 9.17) is 0 Å². The molecular formula is C20H14N2O3. The normalized spacial score (nSPS) is 12.8. The molecule has 0 unspecified atom stereocenters. The molecule has 0 aromatic heterocycles. The average molecular weight is 330 g/mol. The van der Waals surface area contributed by atoms with E-state index in [2.05, 4.69) is 10.6 Å². The highest BCUT2D eigenvalue weighted by Gasteiger charge is 2.26. The molecule has 5 nitrogen and oxygen atoms in total. The third-order valence-corrected chi connectivity index (χ3v) is 4.20. The third kappa shape index (κ3) is 2.87. The maximum Gasteiger partial charge on any atom is 0.259 e. The van der Waals surface area contributed by atoms with Crippen molar-refractivity contribution in [1.29, 1.82) is 0 Å². The number of hydrogen-bond donors (Lipinski definition) is 2. The minimum atomic E-state index is -0.439. The summed E-state index contributed by atoms with van der Waals surface area (Å²) in [5, 5.41) is 7.21. The Labute approximate surface area is 143 Å². The van der Waals surface area contributed by atoms with E-state index >= 15 is 0 Å². The molecule has 0 saturated heterocycles. The van der Waals surface area contributed by atoms with Gasteiger partial charge in [-0.1, -0.05) is 42.5 Å². The quantitative estimate of drug-likeness (QED) is 0.725. The Morgan fingerprint density at radius 1 is 0.840 bits per heavy atom. The van der Waals surface area contributed by atoms with Crippen molar-refractivity contribution in [3.63, 3.8) is 0 Å². The van der Waals surface area contributed by atoms with E-state index in [1.807, 2.05) is 42.5 Å². The second-order valence-corrected chi connectivity index (χ2v) is 5.95. The topological polar surface area (TPSA) is 75.3 Å². The Kier molecular flexibility index (Phi) is 3.54. The molecule has 1 aliphatic heterocycles. The number of amides is 3. The lowest BCUT2D eigenvalue weighted by Crippen LogP contribution is -2.19. The van der Waals surface area contributed by atoms with Crippen LogP contribution < -0.4 is 10.6 Å². The van der Waals surface area contributed by atoms with Gasteiger partial charge in [0.2, 0.25) is 5.91 Å². The molecule has 122 valence electrons. The Hall–Kier alpha value is -3.47. The molecule has 1 heterocycles. The number of rotatable bonds is 3. The van der Waals surface area contributed by atoms with Crippen LogP contribution in [0.5, 0.6) is 0 Å². The van der Waals surface area contributed by atoms with E-state index in [-0.39, 0.29) is 17.9 Å². The molecule has 0 spiro atoms. The van der Waals surface area contributed by atoms with E-state index < -0.39 is 11.8 Å². The number of nitrogens with one attached hydrogen (secondary N) is 2. The maximum atomic E-state index is 12.3. The number of carbonyl (C=O) groups is 3. The molecule has 3 amide bonds. The largest absolute Gasteiger partial charge is 0.326 e. The summed E-state index contributed by atoms with van der Waals surface area (Å²) < 4.78 is 0. The Bertz CT molecular complexity index is 1040. The van der Waals surface area contributed by atoms with Crippen molar-refractivity contribution in [3.8, 4) is 0 Å². The molecule has 2 N–H and O–H groups in total. The monoisotopic (exact) mass is 330 g/mol. The van der Waals surface area contributed by atoms with Crippen molar-refractivity contribution in [3.05, 3.63) is 77.4 Å². The fourth-order valence-corrected chi connectivity index (χ4v) is 2.98. The molecule has 3 aromatic carbocycles. The first kappa shape index (κ1) is 15.1. The van der Waals surface area contributed by atoms with E-state index in [9.17, 15) is 14.4 Å². The molecule has 0 radical (unpaired) electrons. The van der Waals surface area contributed by atoms with Gasteiger partial charge in [0.1, 0.15) is 0 Å². The Balaban J connectivity index is 1.51. The van der Waals surface area contributed by atoms with E-state index in [1.165, 1.54) is 6.07 Å². The van der Waals surface area contributed by atoms with E-state index in [0.29, 0.717) is 11.3 Å². The van der Waals surface area contributed by atoms with Crippen LogP contribution in [-0.4, -0.2) is 17.7 Å². The second-order valence-electron chi connectivity index (χ2n) is 5.95. The summed E-state index contributed by atoms with van der Waals surface area (Å²) in [6.07, 6.45) is 0.229. The van der Waals surface area contributed by atoms with Crippen LogP contribution in [0, 0.1) is 0 Å². The number of benzene rings is 3. The third-order valence-electron chi connectivity index (χ3n) is 4.20. The first-order chi connectivity index (χ1) is 12.1. The van der Waals surface area contributed by atoms with Crippen LogP contribution in [0.25, 0.3) is 10.8 Å². The number of imide groups is 1. The number of fused-ring (bicyclic) bond motifs is 2. The molecule has 0 atom stereocenters. The molecule has 0 saturated carbocycles. The van der Waals surface area contributed by atoms with E-state index in [1.54, 1.807) is 12.1 Å². The summed E-state index contributed by atoms with van der Waals surface area (Å²) in [4.78, 5) is 35.5. The van der Waals surface area contributed by atoms with Gasteiger partial charge in [-0.15, -0.1) is 0 Å². The van der Waals surface area contributed by atoms with Gasteiger partial charge in [0, 0.05) is 5.69 Å². The van der Waals surface area contributed by atoms with Crippen LogP contribution in [0.1, 0.15) is 26.3 Å². The lowest BCUT2D eigenvalue weighted by atomic mass is 10.0. The highest BCUT2D eigenvalue weighted by molar-refractivity contribution is 6.22. The standard InChI is InChI=1S/C20H14N2O3/c23-18(10-12-5-6-13-3-1-2-4-14(13)9-12)21-15-7-8-16-17(11-15)20(25)22-19(16)24/h1-9,11H,10H2,(H,21,23)(H,22,24,25). The minimum absolute atomic E-state index is 0.181. The zero-order valence-corrected chi connectivity index (χ0v) is 13.2. The van der Waals surface area contributed by atoms with Crippen molar-refractivity contribution >= 4 is 34.2 Å². The Morgan fingerprint density at radius 2 is 1.60 bits per heavy atom. The van der Waals surface area contributed by atoms with Gasteiger partial charge in [-0.25, -0.2) is 0 Å². The molecule has 1 aliphatic rings. The highest BCUT2D eigenvalue weighted by Crippen LogP contribution is 2.21. The van der Waals surface area contributed by atoms with Gasteiger partial charge in [-0.05, 0) is 34.5 Å². The highest BCUT2D eigenvalue weighted by atomic mass is 16.2. The average Bonchev–Trinajstić information content (AvgIpc) is 2.88. The van der Waals surface area contributed by atoms with Crippen molar-refractivity contribution in [1.82, 2.24) is 5.32 Å². The predicted octanol–water partition coefficient (Wildman–Crippen LogP) is 2.90. The number of hydrogen-bond acceptors (Lipinski definition) is 3. The first-order valence-electron chi connectivity index (χ1n) is 7.87. The van der Waals surface area contributed by atoms with Crippen LogP contribution >= 0.6 is 0 Å². The Morgan fingerprint density at radius 3 is 2.44 bits per heavy atom. The summed E-state index contributed by atoms with van der Waals surface area (Å²) in [7, 11) is 0. The zero-order valence-electron chi connectivity index (χ0n) is 13.2. The number of anilines is 1. The molecule has 3 aromatic rings. The lowest BCUT2D eigenvalue weighted by molar-refractivity contribution is -0.115. The maximum absolute atomic E-state index is 12.3. The fraction of sp³-hybridized carbons (Fsp3) is 0.0500. The van der Waals surface area contributed by atoms with Gasteiger partial charge in [0.15, 0.2) is 0 Å². The molecule has 25 heavy (non-hydrogen) atoms. The van der Waals surface area contributed by atoms with Crippen LogP contribution in [-0.2, 0) is 11.2 Å². The zero-order chi connectivity index (χ0) is 17.4. The van der Waals surface area contributed by atoms with Crippen LogP contribution in [0.3, 0.4) is 0 Å². The summed E-state index contributed by atoms with van der Waals surface area (Å²) in [5.41, 5.74) is 2.02. The predicted molar refractivity (Wildman–Crippen MR) is 94.5 cm³/mol. The van der Waals surface area contributed by atoms with Crippen molar-refractivity contribution < 1.29 is 14.4 Å². The van der Waals surface area contributed by atoms with Crippen molar-refractivity contribution in [2.45, 2.75) is 6.42 Å². The van der Waals surface area contributed by atoms with Gasteiger partial charge in [-0.3, -0.25) is 19.7 Å². The van der Waals surface area contributed by atoms with Gasteiger partial charge in [0.05, 0.1) is 17.5 Å². The minimum Gasteiger partial charge on any atom is -0.326 e. The first-order valence-corrected chi connectivity index (χ1v) is 7.87. The fourth-order valence-electron chi connectivity index (χ4n) is 2.98. The molecule has 0 bridgehead atoms. The molecule has 0 aliphatic carbocycles. The molecule has 0 fully saturated rings. The van der Waals surface area contributed by atoms with Gasteiger partial charge in [0.25, 0.3) is 11.8 Å². The van der Waals surface area contributed by atoms with Crippen LogP contribution in [0.4, 0.5) is 5.69 Å². The molecular weight excluding hydrogens is 316 g/mol. The van der Waals surface area contributed by atoms with E-state index in [0.717, 1.165) is 16.3 Å². The van der Waals surface area contributed by atoms with Gasteiger partial charge in [-0.2, -0.15) is 0 Å². The lowest BCUT2D eigenvalue weighted by Gasteiger charge is -2.07.